The quantitative estimate of drug-likeness (QED) is 0.851. The summed E-state index contributed by atoms with van der Waals surface area (Å²) in [7, 11) is 0. The van der Waals surface area contributed by atoms with Crippen LogP contribution in [-0.4, -0.2) is 10.2 Å². The molecule has 0 heterocycles. The first-order valence-electron chi connectivity index (χ1n) is 6.44. The predicted octanol–water partition coefficient (Wildman–Crippen LogP) is 4.04. The highest BCUT2D eigenvalue weighted by molar-refractivity contribution is 5.51. The largest absolute Gasteiger partial charge is 0.508 e. The number of rotatable bonds is 2. The van der Waals surface area contributed by atoms with Crippen LogP contribution in [0.3, 0.4) is 0 Å². The molecule has 0 aliphatic carbocycles. The van der Waals surface area contributed by atoms with Crippen molar-refractivity contribution in [2.45, 2.75) is 33.1 Å². The first-order valence-corrected chi connectivity index (χ1v) is 6.44. The van der Waals surface area contributed by atoms with E-state index in [1.54, 1.807) is 12.1 Å². The van der Waals surface area contributed by atoms with E-state index in [4.69, 9.17) is 0 Å². The van der Waals surface area contributed by atoms with E-state index in [9.17, 15) is 10.2 Å². The van der Waals surface area contributed by atoms with Crippen molar-refractivity contribution in [3.63, 3.8) is 0 Å². The van der Waals surface area contributed by atoms with Crippen LogP contribution < -0.4 is 0 Å². The average molecular weight is 256 g/mol. The smallest absolute Gasteiger partial charge is 0.118 e. The Labute approximate surface area is 114 Å². The molecule has 2 aromatic rings. The zero-order chi connectivity index (χ0) is 14.2. The molecule has 0 unspecified atom stereocenters. The van der Waals surface area contributed by atoms with Gasteiger partial charge in [-0.05, 0) is 48.2 Å². The molecule has 0 atom stereocenters. The molecule has 0 saturated heterocycles. The van der Waals surface area contributed by atoms with Gasteiger partial charge in [0.15, 0.2) is 0 Å². The van der Waals surface area contributed by atoms with Crippen molar-refractivity contribution in [3.8, 4) is 11.5 Å². The highest BCUT2D eigenvalue weighted by Gasteiger charge is 2.27. The monoisotopic (exact) mass is 256 g/mol. The molecular formula is C17H20O2. The zero-order valence-corrected chi connectivity index (χ0v) is 11.9. The molecule has 0 fully saturated rings. The van der Waals surface area contributed by atoms with Gasteiger partial charge in [-0.1, -0.05) is 38.1 Å². The highest BCUT2D eigenvalue weighted by atomic mass is 16.3. The van der Waals surface area contributed by atoms with Crippen LogP contribution in [0.25, 0.3) is 0 Å². The summed E-state index contributed by atoms with van der Waals surface area (Å²) in [6.07, 6.45) is 0. The Bertz CT molecular complexity index is 559. The van der Waals surface area contributed by atoms with Crippen LogP contribution in [0.2, 0.25) is 0 Å². The normalized spacial score (nSPS) is 11.6. The van der Waals surface area contributed by atoms with E-state index in [0.29, 0.717) is 11.5 Å². The van der Waals surface area contributed by atoms with Crippen molar-refractivity contribution >= 4 is 0 Å². The molecule has 0 saturated carbocycles. The van der Waals surface area contributed by atoms with Crippen LogP contribution in [0, 0.1) is 13.8 Å². The second kappa shape index (κ2) is 4.61. The van der Waals surface area contributed by atoms with E-state index >= 15 is 0 Å². The van der Waals surface area contributed by atoms with Gasteiger partial charge >= 0.3 is 0 Å². The summed E-state index contributed by atoms with van der Waals surface area (Å²) in [5.41, 5.74) is 3.64. The Kier molecular flexibility index (Phi) is 3.27. The second-order valence-electron chi connectivity index (χ2n) is 5.52. The maximum atomic E-state index is 9.88. The van der Waals surface area contributed by atoms with Gasteiger partial charge in [-0.25, -0.2) is 0 Å². The van der Waals surface area contributed by atoms with Crippen molar-refractivity contribution in [3.05, 3.63) is 58.7 Å². The third-order valence-electron chi connectivity index (χ3n) is 3.96. The summed E-state index contributed by atoms with van der Waals surface area (Å²) in [6.45, 7) is 8.06. The third kappa shape index (κ3) is 2.19. The maximum absolute atomic E-state index is 9.88. The number of phenols is 2. The number of hydrogen-bond donors (Lipinski definition) is 2. The van der Waals surface area contributed by atoms with E-state index in [2.05, 4.69) is 13.8 Å². The SMILES string of the molecule is Cc1c(O)cccc1C(C)(C)c1cccc(O)c1C. The standard InChI is InChI=1S/C17H20O2/c1-11-13(7-5-9-15(11)18)17(3,4)14-8-6-10-16(19)12(14)2/h5-10,18-19H,1-4H3. The zero-order valence-electron chi connectivity index (χ0n) is 11.9. The van der Waals surface area contributed by atoms with Gasteiger partial charge in [0.1, 0.15) is 11.5 Å². The summed E-state index contributed by atoms with van der Waals surface area (Å²) in [5.74, 6) is 0.617. The fourth-order valence-corrected chi connectivity index (χ4v) is 2.75. The van der Waals surface area contributed by atoms with E-state index < -0.39 is 0 Å². The molecule has 0 spiro atoms. The Balaban J connectivity index is 2.65. The van der Waals surface area contributed by atoms with Crippen molar-refractivity contribution in [2.75, 3.05) is 0 Å². The molecule has 0 radical (unpaired) electrons. The fraction of sp³-hybridized carbons (Fsp3) is 0.294. The van der Waals surface area contributed by atoms with Gasteiger partial charge in [-0.15, -0.1) is 0 Å². The Morgan fingerprint density at radius 2 is 1.11 bits per heavy atom. The van der Waals surface area contributed by atoms with Gasteiger partial charge in [-0.3, -0.25) is 0 Å². The van der Waals surface area contributed by atoms with Crippen LogP contribution in [0.1, 0.15) is 36.1 Å². The average Bonchev–Trinajstić information content (AvgIpc) is 2.35. The molecule has 100 valence electrons. The molecule has 0 amide bonds. The van der Waals surface area contributed by atoms with Gasteiger partial charge in [-0.2, -0.15) is 0 Å². The first kappa shape index (κ1) is 13.5. The van der Waals surface area contributed by atoms with Gasteiger partial charge in [0, 0.05) is 5.41 Å². The van der Waals surface area contributed by atoms with Crippen LogP contribution in [-0.2, 0) is 5.41 Å². The lowest BCUT2D eigenvalue weighted by Gasteiger charge is -2.30. The molecule has 0 bridgehead atoms. The lowest BCUT2D eigenvalue weighted by molar-refractivity contribution is 0.464. The van der Waals surface area contributed by atoms with Crippen LogP contribution >= 0.6 is 0 Å². The summed E-state index contributed by atoms with van der Waals surface area (Å²) >= 11 is 0. The van der Waals surface area contributed by atoms with E-state index in [1.165, 1.54) is 0 Å². The highest BCUT2D eigenvalue weighted by Crippen LogP contribution is 2.39. The minimum atomic E-state index is -0.272. The Morgan fingerprint density at radius 3 is 1.47 bits per heavy atom. The van der Waals surface area contributed by atoms with E-state index in [0.717, 1.165) is 22.3 Å². The van der Waals surface area contributed by atoms with Gasteiger partial charge < -0.3 is 10.2 Å². The van der Waals surface area contributed by atoms with Crippen LogP contribution in [0.4, 0.5) is 0 Å². The molecular weight excluding hydrogens is 236 g/mol. The van der Waals surface area contributed by atoms with E-state index in [-0.39, 0.29) is 5.41 Å². The maximum Gasteiger partial charge on any atom is 0.118 e. The number of phenolic OH excluding ortho intramolecular Hbond substituents is 2. The molecule has 19 heavy (non-hydrogen) atoms. The minimum Gasteiger partial charge on any atom is -0.508 e. The van der Waals surface area contributed by atoms with Gasteiger partial charge in [0.2, 0.25) is 0 Å². The Hall–Kier alpha value is -1.96. The summed E-state index contributed by atoms with van der Waals surface area (Å²) in [6, 6.07) is 11.2. The third-order valence-corrected chi connectivity index (χ3v) is 3.96. The van der Waals surface area contributed by atoms with Crippen molar-refractivity contribution in [1.29, 1.82) is 0 Å². The molecule has 0 aliphatic rings. The van der Waals surface area contributed by atoms with Crippen molar-refractivity contribution in [1.82, 2.24) is 0 Å². The summed E-state index contributed by atoms with van der Waals surface area (Å²) in [5, 5.41) is 19.8. The number of hydrogen-bond acceptors (Lipinski definition) is 2. The van der Waals surface area contributed by atoms with E-state index in [1.807, 2.05) is 38.1 Å². The molecule has 2 nitrogen and oxygen atoms in total. The fourth-order valence-electron chi connectivity index (χ4n) is 2.75. The number of benzene rings is 2. The summed E-state index contributed by atoms with van der Waals surface area (Å²) < 4.78 is 0. The molecule has 2 heteroatoms. The van der Waals surface area contributed by atoms with Crippen LogP contribution in [0.5, 0.6) is 11.5 Å². The molecule has 2 N–H and O–H groups in total. The van der Waals surface area contributed by atoms with Crippen LogP contribution in [0.15, 0.2) is 36.4 Å². The van der Waals surface area contributed by atoms with Gasteiger partial charge in [0.25, 0.3) is 0 Å². The predicted molar refractivity (Wildman–Crippen MR) is 77.8 cm³/mol. The second-order valence-corrected chi connectivity index (χ2v) is 5.52. The molecule has 2 rings (SSSR count). The van der Waals surface area contributed by atoms with Gasteiger partial charge in [0.05, 0.1) is 0 Å². The lowest BCUT2D eigenvalue weighted by atomic mass is 9.74. The number of aromatic hydroxyl groups is 2. The first-order chi connectivity index (χ1) is 8.85. The lowest BCUT2D eigenvalue weighted by Crippen LogP contribution is -2.21. The molecule has 0 aliphatic heterocycles. The Morgan fingerprint density at radius 1 is 0.737 bits per heavy atom. The van der Waals surface area contributed by atoms with Crippen molar-refractivity contribution < 1.29 is 10.2 Å². The topological polar surface area (TPSA) is 40.5 Å². The minimum absolute atomic E-state index is 0.272. The van der Waals surface area contributed by atoms with Crippen molar-refractivity contribution in [2.24, 2.45) is 0 Å². The summed E-state index contributed by atoms with van der Waals surface area (Å²) in [4.78, 5) is 0. The molecule has 0 aromatic heterocycles. The molecule has 2 aromatic carbocycles.